The highest BCUT2D eigenvalue weighted by Crippen LogP contribution is 2.46. The van der Waals surface area contributed by atoms with Gasteiger partial charge in [-0.1, -0.05) is 6.07 Å². The zero-order valence-electron chi connectivity index (χ0n) is 15.8. The first-order chi connectivity index (χ1) is 12.8. The maximum Gasteiger partial charge on any atom is 0.337 e. The summed E-state index contributed by atoms with van der Waals surface area (Å²) in [7, 11) is 1.35. The number of nitrogens with zero attached hydrogens (tertiary/aromatic N) is 1. The minimum absolute atomic E-state index is 0.215. The van der Waals surface area contributed by atoms with Crippen molar-refractivity contribution in [3.05, 3.63) is 58.7 Å². The molecule has 2 bridgehead atoms. The van der Waals surface area contributed by atoms with Gasteiger partial charge in [-0.3, -0.25) is 4.90 Å². The molecule has 0 spiro atoms. The Labute approximate surface area is 158 Å². The first-order valence-corrected chi connectivity index (χ1v) is 8.91. The van der Waals surface area contributed by atoms with Gasteiger partial charge in [-0.15, -0.1) is 0 Å². The Morgan fingerprint density at radius 3 is 2.59 bits per heavy atom. The zero-order valence-corrected chi connectivity index (χ0v) is 15.8. The fourth-order valence-corrected chi connectivity index (χ4v) is 4.09. The fourth-order valence-electron chi connectivity index (χ4n) is 4.09. The molecule has 2 heterocycles. The van der Waals surface area contributed by atoms with E-state index in [1.165, 1.54) is 7.11 Å². The third kappa shape index (κ3) is 2.81. The standard InChI is InChI=1S/C21H22N2O4/c1-12-7-13(2)9-15(8-12)23-20(25)22-17-11-21(23,3)27-18-6-5-14(10-16(17)18)19(24)26-4/h5-10,17H,11H2,1-4H3,(H,22,25)/t17-,21-/m1/s1. The molecule has 6 nitrogen and oxygen atoms in total. The number of amides is 2. The number of aryl methyl sites for hydroxylation is 2. The summed E-state index contributed by atoms with van der Waals surface area (Å²) >= 11 is 0. The second-order valence-electron chi connectivity index (χ2n) is 7.41. The Kier molecular flexibility index (Phi) is 3.87. The number of urea groups is 1. The van der Waals surface area contributed by atoms with Crippen LogP contribution in [0.4, 0.5) is 10.5 Å². The van der Waals surface area contributed by atoms with E-state index >= 15 is 0 Å². The van der Waals surface area contributed by atoms with Gasteiger partial charge >= 0.3 is 12.0 Å². The molecule has 2 atom stereocenters. The number of anilines is 1. The van der Waals surface area contributed by atoms with Crippen LogP contribution in [-0.4, -0.2) is 24.8 Å². The Morgan fingerprint density at radius 2 is 1.93 bits per heavy atom. The van der Waals surface area contributed by atoms with Crippen LogP contribution in [-0.2, 0) is 4.74 Å². The van der Waals surface area contributed by atoms with Gasteiger partial charge in [0.25, 0.3) is 0 Å². The molecule has 1 saturated heterocycles. The molecule has 1 fully saturated rings. The molecule has 2 aliphatic heterocycles. The van der Waals surface area contributed by atoms with Crippen LogP contribution < -0.4 is 15.0 Å². The SMILES string of the molecule is COC(=O)c1ccc2c(c1)[C@H]1C[C@@](C)(O2)N(c2cc(C)cc(C)c2)C(=O)N1. The van der Waals surface area contributed by atoms with Crippen LogP contribution in [0.2, 0.25) is 0 Å². The van der Waals surface area contributed by atoms with Crippen molar-refractivity contribution >= 4 is 17.7 Å². The number of esters is 1. The summed E-state index contributed by atoms with van der Waals surface area (Å²) in [5.41, 5.74) is 3.40. The lowest BCUT2D eigenvalue weighted by Crippen LogP contribution is -2.65. The molecule has 27 heavy (non-hydrogen) atoms. The Morgan fingerprint density at radius 1 is 1.22 bits per heavy atom. The maximum absolute atomic E-state index is 13.0. The average molecular weight is 366 g/mol. The van der Waals surface area contributed by atoms with Gasteiger partial charge in [-0.05, 0) is 62.2 Å². The summed E-state index contributed by atoms with van der Waals surface area (Å²) in [6.45, 7) is 5.94. The second-order valence-corrected chi connectivity index (χ2v) is 7.41. The quantitative estimate of drug-likeness (QED) is 0.820. The summed E-state index contributed by atoms with van der Waals surface area (Å²) in [5.74, 6) is 0.251. The molecule has 0 radical (unpaired) electrons. The summed E-state index contributed by atoms with van der Waals surface area (Å²) in [6.07, 6.45) is 0.573. The number of methoxy groups -OCH3 is 1. The lowest BCUT2D eigenvalue weighted by atomic mass is 9.89. The van der Waals surface area contributed by atoms with Crippen LogP contribution in [0.3, 0.4) is 0 Å². The van der Waals surface area contributed by atoms with Crippen molar-refractivity contribution in [1.82, 2.24) is 5.32 Å². The van der Waals surface area contributed by atoms with Crippen molar-refractivity contribution in [3.63, 3.8) is 0 Å². The number of hydrogen-bond acceptors (Lipinski definition) is 4. The van der Waals surface area contributed by atoms with E-state index in [4.69, 9.17) is 9.47 Å². The number of ether oxygens (including phenoxy) is 2. The van der Waals surface area contributed by atoms with Gasteiger partial charge in [0.05, 0.1) is 18.7 Å². The summed E-state index contributed by atoms with van der Waals surface area (Å²) in [6, 6.07) is 10.8. The van der Waals surface area contributed by atoms with E-state index in [1.807, 2.05) is 32.9 Å². The number of carbonyl (C=O) groups excluding carboxylic acids is 2. The molecule has 2 aromatic carbocycles. The van der Waals surface area contributed by atoms with E-state index in [0.29, 0.717) is 17.7 Å². The van der Waals surface area contributed by atoms with Crippen molar-refractivity contribution in [2.75, 3.05) is 12.0 Å². The number of rotatable bonds is 2. The van der Waals surface area contributed by atoms with E-state index in [-0.39, 0.29) is 12.1 Å². The molecule has 2 aromatic rings. The number of fused-ring (bicyclic) bond motifs is 4. The van der Waals surface area contributed by atoms with Crippen LogP contribution >= 0.6 is 0 Å². The van der Waals surface area contributed by atoms with E-state index in [9.17, 15) is 9.59 Å². The lowest BCUT2D eigenvalue weighted by molar-refractivity contribution is 0.0377. The van der Waals surface area contributed by atoms with Crippen molar-refractivity contribution in [2.45, 2.75) is 39.0 Å². The van der Waals surface area contributed by atoms with E-state index < -0.39 is 11.7 Å². The molecule has 2 amide bonds. The molecule has 6 heteroatoms. The second kappa shape index (κ2) is 6.01. The van der Waals surface area contributed by atoms with Gasteiger partial charge in [0, 0.05) is 17.7 Å². The molecule has 4 rings (SSSR count). The average Bonchev–Trinajstić information content (AvgIpc) is 2.59. The van der Waals surface area contributed by atoms with Gasteiger partial charge in [0.1, 0.15) is 5.75 Å². The minimum Gasteiger partial charge on any atom is -0.467 e. The number of nitrogens with one attached hydrogen (secondary N) is 1. The number of hydrogen-bond donors (Lipinski definition) is 1. The van der Waals surface area contributed by atoms with Gasteiger partial charge < -0.3 is 14.8 Å². The Hall–Kier alpha value is -3.02. The highest BCUT2D eigenvalue weighted by Gasteiger charge is 2.50. The zero-order chi connectivity index (χ0) is 19.3. The highest BCUT2D eigenvalue weighted by molar-refractivity contribution is 5.95. The predicted octanol–water partition coefficient (Wildman–Crippen LogP) is 3.86. The van der Waals surface area contributed by atoms with Crippen molar-refractivity contribution < 1.29 is 19.1 Å². The molecule has 0 unspecified atom stereocenters. The van der Waals surface area contributed by atoms with Crippen LogP contribution in [0.5, 0.6) is 5.75 Å². The van der Waals surface area contributed by atoms with Crippen molar-refractivity contribution in [3.8, 4) is 5.75 Å². The van der Waals surface area contributed by atoms with Gasteiger partial charge in [-0.25, -0.2) is 9.59 Å². The van der Waals surface area contributed by atoms with E-state index in [2.05, 4.69) is 11.4 Å². The highest BCUT2D eigenvalue weighted by atomic mass is 16.5. The topological polar surface area (TPSA) is 67.9 Å². The Bertz CT molecular complexity index is 935. The molecule has 0 saturated carbocycles. The van der Waals surface area contributed by atoms with E-state index in [0.717, 1.165) is 22.4 Å². The normalized spacial score (nSPS) is 23.2. The van der Waals surface area contributed by atoms with E-state index in [1.54, 1.807) is 23.1 Å². The number of benzene rings is 2. The van der Waals surface area contributed by atoms with Crippen molar-refractivity contribution in [1.29, 1.82) is 0 Å². The molecular weight excluding hydrogens is 344 g/mol. The van der Waals surface area contributed by atoms with Crippen LogP contribution in [0.1, 0.15) is 46.4 Å². The van der Waals surface area contributed by atoms with Gasteiger partial charge in [0.15, 0.2) is 5.72 Å². The molecule has 140 valence electrons. The first-order valence-electron chi connectivity index (χ1n) is 8.91. The molecule has 0 aromatic heterocycles. The Balaban J connectivity index is 1.77. The number of carbonyl (C=O) groups is 2. The summed E-state index contributed by atoms with van der Waals surface area (Å²) < 4.78 is 11.1. The van der Waals surface area contributed by atoms with Crippen LogP contribution in [0.15, 0.2) is 36.4 Å². The molecule has 0 aliphatic carbocycles. The monoisotopic (exact) mass is 366 g/mol. The minimum atomic E-state index is -0.812. The maximum atomic E-state index is 13.0. The summed E-state index contributed by atoms with van der Waals surface area (Å²) in [5, 5.41) is 3.06. The van der Waals surface area contributed by atoms with Gasteiger partial charge in [-0.2, -0.15) is 0 Å². The molecule has 2 aliphatic rings. The third-order valence-electron chi connectivity index (χ3n) is 5.16. The first kappa shape index (κ1) is 17.4. The predicted molar refractivity (Wildman–Crippen MR) is 101 cm³/mol. The van der Waals surface area contributed by atoms with Crippen LogP contribution in [0.25, 0.3) is 0 Å². The molecule has 1 N–H and O–H groups in total. The third-order valence-corrected chi connectivity index (χ3v) is 5.16. The molecular formula is C21H22N2O4. The van der Waals surface area contributed by atoms with Gasteiger partial charge in [0.2, 0.25) is 0 Å². The largest absolute Gasteiger partial charge is 0.467 e. The van der Waals surface area contributed by atoms with Crippen LogP contribution in [0, 0.1) is 13.8 Å². The van der Waals surface area contributed by atoms with Crippen molar-refractivity contribution in [2.24, 2.45) is 0 Å². The fraction of sp³-hybridized carbons (Fsp3) is 0.333. The lowest BCUT2D eigenvalue weighted by Gasteiger charge is -2.50. The smallest absolute Gasteiger partial charge is 0.337 e. The summed E-state index contributed by atoms with van der Waals surface area (Å²) in [4.78, 5) is 26.5.